The Bertz CT molecular complexity index is 284. The summed E-state index contributed by atoms with van der Waals surface area (Å²) in [6.45, 7) is 8.86. The summed E-state index contributed by atoms with van der Waals surface area (Å²) >= 11 is 0. The molecule has 92 valence electrons. The van der Waals surface area contributed by atoms with Crippen LogP contribution in [0.3, 0.4) is 0 Å². The largest absolute Gasteiger partial charge is 0.380 e. The van der Waals surface area contributed by atoms with Gasteiger partial charge in [-0.1, -0.05) is 13.3 Å². The number of anilines is 1. The van der Waals surface area contributed by atoms with E-state index in [4.69, 9.17) is 4.74 Å². The summed E-state index contributed by atoms with van der Waals surface area (Å²) in [6.07, 6.45) is 6.12. The molecule has 1 aromatic rings. The summed E-state index contributed by atoms with van der Waals surface area (Å²) in [7, 11) is 0. The maximum atomic E-state index is 5.53. The first-order valence-corrected chi connectivity index (χ1v) is 6.09. The Morgan fingerprint density at radius 2 is 2.25 bits per heavy atom. The molecule has 4 heteroatoms. The average Bonchev–Trinajstić information content (AvgIpc) is 2.64. The Labute approximate surface area is 98.0 Å². The van der Waals surface area contributed by atoms with E-state index in [-0.39, 0.29) is 0 Å². The molecular formula is C12H23N3O. The standard InChI is InChI=1S/C12H23N3O/c1-4-5-9-16-10-8-15-7-6-13-12(15)14-11(2)3/h6-7,11H,4-5,8-10H2,1-3H3,(H,13,14). The fourth-order valence-corrected chi connectivity index (χ4v) is 1.40. The number of aromatic nitrogens is 2. The van der Waals surface area contributed by atoms with E-state index in [1.165, 1.54) is 6.42 Å². The van der Waals surface area contributed by atoms with Gasteiger partial charge >= 0.3 is 0 Å². The quantitative estimate of drug-likeness (QED) is 0.691. The summed E-state index contributed by atoms with van der Waals surface area (Å²) in [5.41, 5.74) is 0. The molecule has 0 spiro atoms. The van der Waals surface area contributed by atoms with Gasteiger partial charge < -0.3 is 14.6 Å². The third-order valence-corrected chi connectivity index (χ3v) is 2.25. The topological polar surface area (TPSA) is 39.1 Å². The number of imidazole rings is 1. The highest BCUT2D eigenvalue weighted by molar-refractivity contribution is 5.26. The maximum absolute atomic E-state index is 5.53. The van der Waals surface area contributed by atoms with Crippen molar-refractivity contribution in [1.82, 2.24) is 9.55 Å². The van der Waals surface area contributed by atoms with Gasteiger partial charge in [-0.3, -0.25) is 0 Å². The molecule has 1 aromatic heterocycles. The van der Waals surface area contributed by atoms with E-state index in [0.29, 0.717) is 6.04 Å². The average molecular weight is 225 g/mol. The molecule has 0 aliphatic heterocycles. The smallest absolute Gasteiger partial charge is 0.203 e. The molecule has 1 N–H and O–H groups in total. The lowest BCUT2D eigenvalue weighted by Gasteiger charge is -2.12. The predicted octanol–water partition coefficient (Wildman–Crippen LogP) is 2.52. The Balaban J connectivity index is 2.27. The van der Waals surface area contributed by atoms with Gasteiger partial charge in [0, 0.05) is 31.6 Å². The molecule has 0 radical (unpaired) electrons. The number of unbranched alkanes of at least 4 members (excludes halogenated alkanes) is 1. The normalized spacial score (nSPS) is 11.0. The fraction of sp³-hybridized carbons (Fsp3) is 0.750. The third kappa shape index (κ3) is 4.66. The van der Waals surface area contributed by atoms with Gasteiger partial charge in [-0.2, -0.15) is 0 Å². The van der Waals surface area contributed by atoms with Crippen LogP contribution in [0.2, 0.25) is 0 Å². The number of ether oxygens (including phenoxy) is 1. The van der Waals surface area contributed by atoms with Crippen molar-refractivity contribution >= 4 is 5.95 Å². The van der Waals surface area contributed by atoms with Crippen molar-refractivity contribution in [3.8, 4) is 0 Å². The zero-order valence-electron chi connectivity index (χ0n) is 10.6. The molecule has 0 aromatic carbocycles. The fourth-order valence-electron chi connectivity index (χ4n) is 1.40. The van der Waals surface area contributed by atoms with E-state index in [0.717, 1.165) is 32.1 Å². The molecule has 4 nitrogen and oxygen atoms in total. The SMILES string of the molecule is CCCCOCCn1ccnc1NC(C)C. The second kappa shape index (κ2) is 7.28. The molecule has 1 heterocycles. The number of rotatable bonds is 8. The van der Waals surface area contributed by atoms with E-state index >= 15 is 0 Å². The zero-order chi connectivity index (χ0) is 11.8. The van der Waals surface area contributed by atoms with Crippen molar-refractivity contribution in [2.75, 3.05) is 18.5 Å². The van der Waals surface area contributed by atoms with Crippen LogP contribution in [-0.2, 0) is 11.3 Å². The van der Waals surface area contributed by atoms with Gasteiger partial charge in [-0.15, -0.1) is 0 Å². The number of hydrogen-bond donors (Lipinski definition) is 1. The second-order valence-corrected chi connectivity index (χ2v) is 4.21. The van der Waals surface area contributed by atoms with Gasteiger partial charge in [-0.05, 0) is 20.3 Å². The molecule has 0 fully saturated rings. The Kier molecular flexibility index (Phi) is 5.93. The summed E-state index contributed by atoms with van der Waals surface area (Å²) in [5.74, 6) is 0.925. The predicted molar refractivity (Wildman–Crippen MR) is 66.7 cm³/mol. The van der Waals surface area contributed by atoms with Crippen LogP contribution < -0.4 is 5.32 Å². The summed E-state index contributed by atoms with van der Waals surface area (Å²) in [4.78, 5) is 4.27. The van der Waals surface area contributed by atoms with Gasteiger partial charge in [0.2, 0.25) is 5.95 Å². The minimum absolute atomic E-state index is 0.405. The highest BCUT2D eigenvalue weighted by atomic mass is 16.5. The van der Waals surface area contributed by atoms with Crippen LogP contribution in [-0.4, -0.2) is 28.8 Å². The van der Waals surface area contributed by atoms with E-state index in [2.05, 4.69) is 35.6 Å². The van der Waals surface area contributed by atoms with Gasteiger partial charge in [0.25, 0.3) is 0 Å². The van der Waals surface area contributed by atoms with Crippen molar-refractivity contribution in [3.63, 3.8) is 0 Å². The van der Waals surface area contributed by atoms with Gasteiger partial charge in [0.1, 0.15) is 0 Å². The summed E-state index contributed by atoms with van der Waals surface area (Å²) in [5, 5.41) is 3.30. The highest BCUT2D eigenvalue weighted by Crippen LogP contribution is 2.05. The number of nitrogens with one attached hydrogen (secondary N) is 1. The summed E-state index contributed by atoms with van der Waals surface area (Å²) in [6, 6.07) is 0.405. The first kappa shape index (κ1) is 13.0. The Morgan fingerprint density at radius 3 is 2.94 bits per heavy atom. The molecule has 0 unspecified atom stereocenters. The molecule has 0 aliphatic carbocycles. The monoisotopic (exact) mass is 225 g/mol. The highest BCUT2D eigenvalue weighted by Gasteiger charge is 2.02. The lowest BCUT2D eigenvalue weighted by molar-refractivity contribution is 0.124. The second-order valence-electron chi connectivity index (χ2n) is 4.21. The summed E-state index contributed by atoms with van der Waals surface area (Å²) < 4.78 is 7.62. The van der Waals surface area contributed by atoms with Crippen LogP contribution in [0.1, 0.15) is 33.6 Å². The lowest BCUT2D eigenvalue weighted by atomic mass is 10.4. The minimum atomic E-state index is 0.405. The molecule has 0 saturated carbocycles. The molecule has 1 rings (SSSR count). The molecule has 0 amide bonds. The van der Waals surface area contributed by atoms with E-state index in [1.807, 2.05) is 12.4 Å². The van der Waals surface area contributed by atoms with Crippen LogP contribution in [0.15, 0.2) is 12.4 Å². The Morgan fingerprint density at radius 1 is 1.44 bits per heavy atom. The minimum Gasteiger partial charge on any atom is -0.380 e. The molecule has 0 aliphatic rings. The lowest BCUT2D eigenvalue weighted by Crippen LogP contribution is -2.16. The first-order chi connectivity index (χ1) is 7.74. The van der Waals surface area contributed by atoms with Crippen LogP contribution in [0.25, 0.3) is 0 Å². The van der Waals surface area contributed by atoms with Crippen molar-refractivity contribution in [2.45, 2.75) is 46.2 Å². The molecular weight excluding hydrogens is 202 g/mol. The first-order valence-electron chi connectivity index (χ1n) is 6.09. The van der Waals surface area contributed by atoms with E-state index < -0.39 is 0 Å². The van der Waals surface area contributed by atoms with Crippen molar-refractivity contribution in [2.24, 2.45) is 0 Å². The number of hydrogen-bond acceptors (Lipinski definition) is 3. The van der Waals surface area contributed by atoms with Crippen LogP contribution >= 0.6 is 0 Å². The van der Waals surface area contributed by atoms with Gasteiger partial charge in [0.15, 0.2) is 0 Å². The van der Waals surface area contributed by atoms with Crippen LogP contribution in [0.4, 0.5) is 5.95 Å². The van der Waals surface area contributed by atoms with Crippen molar-refractivity contribution in [1.29, 1.82) is 0 Å². The van der Waals surface area contributed by atoms with Crippen molar-refractivity contribution < 1.29 is 4.74 Å². The molecule has 0 saturated heterocycles. The molecule has 0 bridgehead atoms. The van der Waals surface area contributed by atoms with Crippen molar-refractivity contribution in [3.05, 3.63) is 12.4 Å². The van der Waals surface area contributed by atoms with Crippen LogP contribution in [0, 0.1) is 0 Å². The van der Waals surface area contributed by atoms with E-state index in [1.54, 1.807) is 0 Å². The third-order valence-electron chi connectivity index (χ3n) is 2.25. The zero-order valence-corrected chi connectivity index (χ0v) is 10.6. The van der Waals surface area contributed by atoms with Gasteiger partial charge in [-0.25, -0.2) is 4.98 Å². The van der Waals surface area contributed by atoms with Crippen LogP contribution in [0.5, 0.6) is 0 Å². The Hall–Kier alpha value is -1.03. The maximum Gasteiger partial charge on any atom is 0.203 e. The molecule has 0 atom stereocenters. The number of nitrogens with zero attached hydrogens (tertiary/aromatic N) is 2. The van der Waals surface area contributed by atoms with E-state index in [9.17, 15) is 0 Å². The molecule has 16 heavy (non-hydrogen) atoms. The van der Waals surface area contributed by atoms with Gasteiger partial charge in [0.05, 0.1) is 6.61 Å².